The lowest BCUT2D eigenvalue weighted by atomic mass is 10.2. The first-order valence-electron chi connectivity index (χ1n) is 7.44. The van der Waals surface area contributed by atoms with Gasteiger partial charge >= 0.3 is 0 Å². The lowest BCUT2D eigenvalue weighted by Gasteiger charge is -2.13. The third-order valence-corrected chi connectivity index (χ3v) is 4.56. The molecule has 3 heterocycles. The predicted octanol–water partition coefficient (Wildman–Crippen LogP) is 2.91. The molecule has 3 aromatic heterocycles. The van der Waals surface area contributed by atoms with Gasteiger partial charge in [-0.25, -0.2) is 14.5 Å². The summed E-state index contributed by atoms with van der Waals surface area (Å²) in [6.07, 6.45) is 0. The van der Waals surface area contributed by atoms with Crippen LogP contribution in [0.15, 0.2) is 12.1 Å². The van der Waals surface area contributed by atoms with Crippen LogP contribution < -0.4 is 5.32 Å². The van der Waals surface area contributed by atoms with Gasteiger partial charge in [-0.15, -0.1) is 11.3 Å². The lowest BCUT2D eigenvalue weighted by Crippen LogP contribution is -2.28. The molecule has 0 aromatic carbocycles. The summed E-state index contributed by atoms with van der Waals surface area (Å²) >= 11 is 1.64. The van der Waals surface area contributed by atoms with Crippen molar-refractivity contribution in [1.29, 1.82) is 0 Å². The van der Waals surface area contributed by atoms with E-state index in [9.17, 15) is 4.79 Å². The Bertz CT molecular complexity index is 895. The van der Waals surface area contributed by atoms with Gasteiger partial charge in [-0.3, -0.25) is 4.79 Å². The van der Waals surface area contributed by atoms with E-state index in [1.165, 1.54) is 0 Å². The normalized spacial score (nSPS) is 12.6. The van der Waals surface area contributed by atoms with Gasteiger partial charge in [0.05, 0.1) is 22.4 Å². The molecule has 3 rings (SSSR count). The van der Waals surface area contributed by atoms with Crippen molar-refractivity contribution in [1.82, 2.24) is 24.9 Å². The van der Waals surface area contributed by atoms with E-state index in [1.54, 1.807) is 21.9 Å². The summed E-state index contributed by atoms with van der Waals surface area (Å²) in [6, 6.07) is 3.46. The number of nitrogens with one attached hydrogen (secondary N) is 1. The number of carbonyl (C=O) groups is 1. The molecule has 0 spiro atoms. The van der Waals surface area contributed by atoms with Crippen LogP contribution in [0, 0.1) is 27.7 Å². The van der Waals surface area contributed by atoms with Crippen LogP contribution in [0.5, 0.6) is 0 Å². The fourth-order valence-corrected chi connectivity index (χ4v) is 3.56. The Hall–Kier alpha value is -2.28. The zero-order valence-electron chi connectivity index (χ0n) is 13.8. The van der Waals surface area contributed by atoms with E-state index in [1.807, 2.05) is 40.7 Å². The Morgan fingerprint density at radius 1 is 1.22 bits per heavy atom. The van der Waals surface area contributed by atoms with Gasteiger partial charge in [-0.2, -0.15) is 5.10 Å². The van der Waals surface area contributed by atoms with Crippen LogP contribution in [0.2, 0.25) is 0 Å². The Labute approximate surface area is 138 Å². The Morgan fingerprint density at radius 3 is 2.61 bits per heavy atom. The number of hydrogen-bond acceptors (Lipinski definition) is 5. The van der Waals surface area contributed by atoms with Crippen molar-refractivity contribution in [2.24, 2.45) is 0 Å². The number of rotatable bonds is 3. The maximum absolute atomic E-state index is 12.5. The summed E-state index contributed by atoms with van der Waals surface area (Å²) < 4.78 is 1.74. The Morgan fingerprint density at radius 2 is 1.96 bits per heavy atom. The smallest absolute Gasteiger partial charge is 0.270 e. The van der Waals surface area contributed by atoms with E-state index in [-0.39, 0.29) is 11.9 Å². The molecule has 1 amide bonds. The van der Waals surface area contributed by atoms with Gasteiger partial charge in [0.1, 0.15) is 5.69 Å². The third-order valence-electron chi connectivity index (χ3n) is 3.66. The third kappa shape index (κ3) is 2.96. The van der Waals surface area contributed by atoms with Crippen molar-refractivity contribution in [2.45, 2.75) is 40.7 Å². The van der Waals surface area contributed by atoms with E-state index in [0.29, 0.717) is 11.3 Å². The molecular weight excluding hydrogens is 310 g/mol. The van der Waals surface area contributed by atoms with Crippen LogP contribution in [0.3, 0.4) is 0 Å². The molecule has 1 N–H and O–H groups in total. The van der Waals surface area contributed by atoms with Gasteiger partial charge in [0.15, 0.2) is 5.65 Å². The Kier molecular flexibility index (Phi) is 3.89. The van der Waals surface area contributed by atoms with Gasteiger partial charge in [-0.1, -0.05) is 0 Å². The molecule has 23 heavy (non-hydrogen) atoms. The van der Waals surface area contributed by atoms with E-state index in [2.05, 4.69) is 20.4 Å². The molecule has 0 unspecified atom stereocenters. The first-order chi connectivity index (χ1) is 10.8. The van der Waals surface area contributed by atoms with Crippen molar-refractivity contribution >= 4 is 22.9 Å². The maximum Gasteiger partial charge on any atom is 0.270 e. The number of amides is 1. The van der Waals surface area contributed by atoms with E-state index in [4.69, 9.17) is 0 Å². The summed E-state index contributed by atoms with van der Waals surface area (Å²) in [6.45, 7) is 9.75. The number of thiazole rings is 1. The summed E-state index contributed by atoms with van der Waals surface area (Å²) in [5.74, 6) is -0.202. The van der Waals surface area contributed by atoms with Gasteiger partial charge < -0.3 is 5.32 Å². The van der Waals surface area contributed by atoms with Crippen LogP contribution >= 0.6 is 11.3 Å². The molecule has 7 heteroatoms. The first-order valence-corrected chi connectivity index (χ1v) is 8.25. The monoisotopic (exact) mass is 329 g/mol. The Balaban J connectivity index is 1.87. The molecule has 6 nitrogen and oxygen atoms in total. The molecular formula is C16H19N5OS. The topological polar surface area (TPSA) is 72.2 Å². The van der Waals surface area contributed by atoms with Crippen LogP contribution in [0.1, 0.15) is 50.4 Å². The first kappa shape index (κ1) is 15.6. The number of carbonyl (C=O) groups excluding carboxylic acids is 1. The quantitative estimate of drug-likeness (QED) is 0.802. The van der Waals surface area contributed by atoms with E-state index < -0.39 is 0 Å². The van der Waals surface area contributed by atoms with E-state index >= 15 is 0 Å². The van der Waals surface area contributed by atoms with Gasteiger partial charge in [0.25, 0.3) is 5.91 Å². The number of nitrogens with zero attached hydrogens (tertiary/aromatic N) is 4. The molecule has 3 aromatic rings. The molecule has 0 saturated carbocycles. The molecule has 0 bridgehead atoms. The van der Waals surface area contributed by atoms with Crippen molar-refractivity contribution < 1.29 is 4.79 Å². The fraction of sp³-hybridized carbons (Fsp3) is 0.375. The standard InChI is InChI=1S/C16H19N5OS/c1-8-6-14-19-13(7-9(2)21(14)20-8)16(22)17-10(3)15-11(4)23-12(5)18-15/h6-7,10H,1-5H3,(H,17,22)/t10-/m1/s1. The molecule has 0 fully saturated rings. The minimum atomic E-state index is -0.202. The van der Waals surface area contributed by atoms with Gasteiger partial charge in [-0.05, 0) is 40.7 Å². The number of aromatic nitrogens is 4. The molecule has 0 saturated heterocycles. The molecule has 0 aliphatic carbocycles. The average Bonchev–Trinajstić information content (AvgIpc) is 3.00. The lowest BCUT2D eigenvalue weighted by molar-refractivity contribution is 0.0934. The van der Waals surface area contributed by atoms with Crippen molar-refractivity contribution in [2.75, 3.05) is 0 Å². The second-order valence-electron chi connectivity index (χ2n) is 5.71. The highest BCUT2D eigenvalue weighted by Gasteiger charge is 2.18. The summed E-state index contributed by atoms with van der Waals surface area (Å²) in [5, 5.41) is 8.33. The van der Waals surface area contributed by atoms with Crippen LogP contribution in [-0.2, 0) is 0 Å². The number of fused-ring (bicyclic) bond motifs is 1. The van der Waals surface area contributed by atoms with Gasteiger partial charge in [0, 0.05) is 16.6 Å². The van der Waals surface area contributed by atoms with Crippen molar-refractivity contribution in [3.63, 3.8) is 0 Å². The largest absolute Gasteiger partial charge is 0.343 e. The summed E-state index contributed by atoms with van der Waals surface area (Å²) in [5.41, 5.74) is 3.74. The number of aryl methyl sites for hydroxylation is 4. The highest BCUT2D eigenvalue weighted by molar-refractivity contribution is 7.11. The van der Waals surface area contributed by atoms with Gasteiger partial charge in [0.2, 0.25) is 0 Å². The van der Waals surface area contributed by atoms with Crippen LogP contribution in [-0.4, -0.2) is 25.5 Å². The fourth-order valence-electron chi connectivity index (χ4n) is 2.64. The molecule has 120 valence electrons. The zero-order chi connectivity index (χ0) is 16.7. The van der Waals surface area contributed by atoms with Crippen molar-refractivity contribution in [3.05, 3.63) is 44.8 Å². The second kappa shape index (κ2) is 5.73. The number of hydrogen-bond donors (Lipinski definition) is 1. The minimum Gasteiger partial charge on any atom is -0.343 e. The molecule has 0 aliphatic rings. The van der Waals surface area contributed by atoms with Crippen LogP contribution in [0.25, 0.3) is 5.65 Å². The zero-order valence-corrected chi connectivity index (χ0v) is 14.7. The minimum absolute atomic E-state index is 0.155. The van der Waals surface area contributed by atoms with E-state index in [0.717, 1.165) is 27.0 Å². The summed E-state index contributed by atoms with van der Waals surface area (Å²) in [4.78, 5) is 22.5. The molecule has 0 radical (unpaired) electrons. The highest BCUT2D eigenvalue weighted by atomic mass is 32.1. The molecule has 1 atom stereocenters. The summed E-state index contributed by atoms with van der Waals surface area (Å²) in [7, 11) is 0. The SMILES string of the molecule is Cc1cc2nc(C(=O)N[C@H](C)c3nc(C)sc3C)cc(C)n2n1. The highest BCUT2D eigenvalue weighted by Crippen LogP contribution is 2.22. The predicted molar refractivity (Wildman–Crippen MR) is 89.9 cm³/mol. The average molecular weight is 329 g/mol. The van der Waals surface area contributed by atoms with Crippen molar-refractivity contribution in [3.8, 4) is 0 Å². The second-order valence-corrected chi connectivity index (χ2v) is 7.12. The maximum atomic E-state index is 12.5. The molecule has 0 aliphatic heterocycles. The van der Waals surface area contributed by atoms with Crippen LogP contribution in [0.4, 0.5) is 0 Å².